The minimum Gasteiger partial charge on any atom is -0.454 e. The van der Waals surface area contributed by atoms with E-state index < -0.39 is 17.9 Å². The highest BCUT2D eigenvalue weighted by molar-refractivity contribution is 6.33. The summed E-state index contributed by atoms with van der Waals surface area (Å²) < 4.78 is 5.04. The minimum absolute atomic E-state index is 0.00329. The number of esters is 1. The highest BCUT2D eigenvalue weighted by atomic mass is 35.5. The Hall–Kier alpha value is -2.08. The highest BCUT2D eigenvalue weighted by Crippen LogP contribution is 2.14. The lowest BCUT2D eigenvalue weighted by molar-refractivity contribution is -0.154. The van der Waals surface area contributed by atoms with Crippen LogP contribution >= 0.6 is 11.6 Å². The molecule has 1 rings (SSSR count). The maximum Gasteiger partial charge on any atom is 0.328 e. The van der Waals surface area contributed by atoms with Gasteiger partial charge < -0.3 is 15.0 Å². The third kappa shape index (κ3) is 6.05. The van der Waals surface area contributed by atoms with E-state index in [-0.39, 0.29) is 30.2 Å². The summed E-state index contributed by atoms with van der Waals surface area (Å²) in [4.78, 5) is 38.0. The van der Waals surface area contributed by atoms with E-state index in [1.54, 1.807) is 29.2 Å². The fraction of sp³-hybridized carbons (Fsp3) is 0.500. The molecular formula is C18H25ClN2O4. The van der Waals surface area contributed by atoms with Gasteiger partial charge in [0.15, 0.2) is 6.61 Å². The number of hydrogen-bond donors (Lipinski definition) is 1. The van der Waals surface area contributed by atoms with Crippen molar-refractivity contribution in [3.05, 3.63) is 34.9 Å². The molecule has 0 saturated carbocycles. The summed E-state index contributed by atoms with van der Waals surface area (Å²) in [6.07, 6.45) is 0. The summed E-state index contributed by atoms with van der Waals surface area (Å²) in [6.45, 7) is 8.71. The molecule has 0 spiro atoms. The van der Waals surface area contributed by atoms with Gasteiger partial charge in [0.2, 0.25) is 0 Å². The monoisotopic (exact) mass is 368 g/mol. The van der Waals surface area contributed by atoms with Crippen LogP contribution in [-0.4, -0.2) is 47.4 Å². The van der Waals surface area contributed by atoms with E-state index in [2.05, 4.69) is 5.32 Å². The van der Waals surface area contributed by atoms with E-state index in [4.69, 9.17) is 16.3 Å². The van der Waals surface area contributed by atoms with E-state index >= 15 is 0 Å². The number of nitrogens with one attached hydrogen (secondary N) is 1. The third-order valence-electron chi connectivity index (χ3n) is 3.56. The number of amides is 2. The number of carbonyl (C=O) groups is 3. The smallest absolute Gasteiger partial charge is 0.328 e. The lowest BCUT2D eigenvalue weighted by Gasteiger charge is -2.30. The van der Waals surface area contributed by atoms with Crippen LogP contribution in [0.3, 0.4) is 0 Å². The molecule has 0 aliphatic heterocycles. The van der Waals surface area contributed by atoms with Crippen LogP contribution in [0.15, 0.2) is 24.3 Å². The first kappa shape index (κ1) is 21.0. The van der Waals surface area contributed by atoms with Crippen molar-refractivity contribution in [2.24, 2.45) is 0 Å². The molecule has 1 N–H and O–H groups in total. The molecule has 7 heteroatoms. The normalized spacial score (nSPS) is 12.0. The summed E-state index contributed by atoms with van der Waals surface area (Å²) in [5.41, 5.74) is 0.269. The molecule has 6 nitrogen and oxygen atoms in total. The first-order chi connectivity index (χ1) is 11.6. The summed E-state index contributed by atoms with van der Waals surface area (Å²) in [7, 11) is 0. The average molecular weight is 369 g/mol. The number of halogens is 1. The standard InChI is InChI=1S/C18H25ClN2O4/c1-11(2)21(12(3)4)16(22)10-25-18(24)13(5)20-17(23)14-8-6-7-9-15(14)19/h6-9,11-13H,10H2,1-5H3,(H,20,23)/t13-/m0/s1. The molecule has 25 heavy (non-hydrogen) atoms. The van der Waals surface area contributed by atoms with E-state index in [1.165, 1.54) is 6.92 Å². The fourth-order valence-corrected chi connectivity index (χ4v) is 2.70. The van der Waals surface area contributed by atoms with Crippen LogP contribution in [0.1, 0.15) is 45.0 Å². The number of benzene rings is 1. The van der Waals surface area contributed by atoms with Gasteiger partial charge >= 0.3 is 5.97 Å². The SMILES string of the molecule is CC(C)N(C(=O)COC(=O)[C@H](C)NC(=O)c1ccccc1Cl)C(C)C. The second-order valence-corrected chi connectivity index (χ2v) is 6.68. The number of rotatable bonds is 7. The Morgan fingerprint density at radius 1 is 1.08 bits per heavy atom. The van der Waals surface area contributed by atoms with Crippen LogP contribution in [0.5, 0.6) is 0 Å². The van der Waals surface area contributed by atoms with Gasteiger partial charge in [-0.2, -0.15) is 0 Å². The predicted molar refractivity (Wildman–Crippen MR) is 96.5 cm³/mol. The van der Waals surface area contributed by atoms with Crippen molar-refractivity contribution in [3.8, 4) is 0 Å². The van der Waals surface area contributed by atoms with Gasteiger partial charge in [0.1, 0.15) is 6.04 Å². The highest BCUT2D eigenvalue weighted by Gasteiger charge is 2.24. The summed E-state index contributed by atoms with van der Waals surface area (Å²) in [5, 5.41) is 2.80. The molecule has 0 fully saturated rings. The van der Waals surface area contributed by atoms with Crippen LogP contribution in [0.4, 0.5) is 0 Å². The third-order valence-corrected chi connectivity index (χ3v) is 3.89. The lowest BCUT2D eigenvalue weighted by atomic mass is 10.2. The molecule has 0 aromatic heterocycles. The zero-order valence-corrected chi connectivity index (χ0v) is 16.0. The van der Waals surface area contributed by atoms with Gasteiger partial charge in [0.05, 0.1) is 10.6 Å². The Kier molecular flexibility index (Phi) is 7.90. The van der Waals surface area contributed by atoms with E-state index in [1.807, 2.05) is 27.7 Å². The Balaban J connectivity index is 2.58. The van der Waals surface area contributed by atoms with Crippen molar-refractivity contribution < 1.29 is 19.1 Å². The van der Waals surface area contributed by atoms with Gasteiger partial charge in [-0.3, -0.25) is 9.59 Å². The molecule has 2 amide bonds. The molecule has 1 aromatic rings. The van der Waals surface area contributed by atoms with E-state index in [9.17, 15) is 14.4 Å². The van der Waals surface area contributed by atoms with Gasteiger partial charge in [0.25, 0.3) is 11.8 Å². The quantitative estimate of drug-likeness (QED) is 0.751. The maximum absolute atomic E-state index is 12.2. The molecule has 0 radical (unpaired) electrons. The van der Waals surface area contributed by atoms with Crippen molar-refractivity contribution in [1.29, 1.82) is 0 Å². The maximum atomic E-state index is 12.2. The molecular weight excluding hydrogens is 344 g/mol. The summed E-state index contributed by atoms with van der Waals surface area (Å²) in [5.74, 6) is -1.43. The van der Waals surface area contributed by atoms with E-state index in [0.717, 1.165) is 0 Å². The van der Waals surface area contributed by atoms with Gasteiger partial charge in [-0.1, -0.05) is 23.7 Å². The number of hydrogen-bond acceptors (Lipinski definition) is 4. The van der Waals surface area contributed by atoms with Crippen LogP contribution in [0.25, 0.3) is 0 Å². The van der Waals surface area contributed by atoms with Gasteiger partial charge in [-0.05, 0) is 46.8 Å². The summed E-state index contributed by atoms with van der Waals surface area (Å²) >= 11 is 5.95. The summed E-state index contributed by atoms with van der Waals surface area (Å²) in [6, 6.07) is 5.63. The molecule has 0 bridgehead atoms. The van der Waals surface area contributed by atoms with Gasteiger partial charge in [-0.15, -0.1) is 0 Å². The zero-order chi connectivity index (χ0) is 19.1. The first-order valence-corrected chi connectivity index (χ1v) is 8.56. The Morgan fingerprint density at radius 3 is 2.16 bits per heavy atom. The van der Waals surface area contributed by atoms with Crippen molar-refractivity contribution in [2.75, 3.05) is 6.61 Å². The van der Waals surface area contributed by atoms with Crippen LogP contribution in [-0.2, 0) is 14.3 Å². The largest absolute Gasteiger partial charge is 0.454 e. The molecule has 0 unspecified atom stereocenters. The predicted octanol–water partition coefficient (Wildman–Crippen LogP) is 2.65. The van der Waals surface area contributed by atoms with Crippen molar-refractivity contribution >= 4 is 29.4 Å². The fourth-order valence-electron chi connectivity index (χ4n) is 2.48. The van der Waals surface area contributed by atoms with Crippen molar-refractivity contribution in [2.45, 2.75) is 52.7 Å². The Morgan fingerprint density at radius 2 is 1.64 bits per heavy atom. The molecule has 0 saturated heterocycles. The zero-order valence-electron chi connectivity index (χ0n) is 15.2. The second-order valence-electron chi connectivity index (χ2n) is 6.27. The van der Waals surface area contributed by atoms with Gasteiger partial charge in [-0.25, -0.2) is 4.79 Å². The van der Waals surface area contributed by atoms with Crippen LogP contribution in [0.2, 0.25) is 5.02 Å². The number of nitrogens with zero attached hydrogens (tertiary/aromatic N) is 1. The average Bonchev–Trinajstić information content (AvgIpc) is 2.52. The Bertz CT molecular complexity index is 623. The topological polar surface area (TPSA) is 75.7 Å². The molecule has 0 aliphatic carbocycles. The van der Waals surface area contributed by atoms with Crippen LogP contribution in [0, 0.1) is 0 Å². The van der Waals surface area contributed by atoms with Gasteiger partial charge in [0, 0.05) is 12.1 Å². The number of carbonyl (C=O) groups excluding carboxylic acids is 3. The lowest BCUT2D eigenvalue weighted by Crippen LogP contribution is -2.45. The first-order valence-electron chi connectivity index (χ1n) is 8.18. The van der Waals surface area contributed by atoms with Crippen molar-refractivity contribution in [3.63, 3.8) is 0 Å². The number of ether oxygens (including phenoxy) is 1. The Labute approximate surface area is 153 Å². The molecule has 1 atom stereocenters. The van der Waals surface area contributed by atoms with Crippen LogP contribution < -0.4 is 5.32 Å². The molecule has 0 heterocycles. The van der Waals surface area contributed by atoms with E-state index in [0.29, 0.717) is 5.02 Å². The minimum atomic E-state index is -0.900. The molecule has 1 aromatic carbocycles. The second kappa shape index (κ2) is 9.42. The molecule has 0 aliphatic rings. The molecule has 138 valence electrons. The van der Waals surface area contributed by atoms with Crippen molar-refractivity contribution in [1.82, 2.24) is 10.2 Å².